The summed E-state index contributed by atoms with van der Waals surface area (Å²) < 4.78 is 5.15. The second kappa shape index (κ2) is 5.35. The van der Waals surface area contributed by atoms with E-state index in [1.54, 1.807) is 6.92 Å². The summed E-state index contributed by atoms with van der Waals surface area (Å²) >= 11 is 0. The van der Waals surface area contributed by atoms with Crippen molar-refractivity contribution in [2.24, 2.45) is 0 Å². The molecule has 1 aromatic carbocycles. The topological polar surface area (TPSA) is 70.3 Å². The molecule has 1 N–H and O–H groups in total. The van der Waals surface area contributed by atoms with Gasteiger partial charge in [0.1, 0.15) is 5.75 Å². The minimum atomic E-state index is -0.975. The van der Waals surface area contributed by atoms with Crippen LogP contribution in [0.25, 0.3) is 0 Å². The number of aromatic carboxylic acids is 1. The molecule has 0 atom stereocenters. The van der Waals surface area contributed by atoms with Crippen LogP contribution in [0.1, 0.15) is 33.5 Å². The number of rotatable bonds is 4. The maximum absolute atomic E-state index is 11.3. The van der Waals surface area contributed by atoms with Crippen molar-refractivity contribution < 1.29 is 14.6 Å². The van der Waals surface area contributed by atoms with Gasteiger partial charge < -0.3 is 9.84 Å². The van der Waals surface area contributed by atoms with Crippen molar-refractivity contribution >= 4 is 5.97 Å². The van der Waals surface area contributed by atoms with Gasteiger partial charge >= 0.3 is 5.97 Å². The highest BCUT2D eigenvalue weighted by molar-refractivity contribution is 5.92. The second-order valence-corrected chi connectivity index (χ2v) is 3.84. The fourth-order valence-electron chi connectivity index (χ4n) is 1.94. The Bertz CT molecular complexity index is 486. The van der Waals surface area contributed by atoms with Gasteiger partial charge in [0.25, 0.3) is 0 Å². The van der Waals surface area contributed by atoms with Crippen molar-refractivity contribution in [2.75, 3.05) is 7.11 Å². The maximum atomic E-state index is 11.3. The largest absolute Gasteiger partial charge is 0.496 e. The predicted molar refractivity (Wildman–Crippen MR) is 63.4 cm³/mol. The van der Waals surface area contributed by atoms with Gasteiger partial charge in [-0.2, -0.15) is 5.26 Å². The molecule has 0 spiro atoms. The van der Waals surface area contributed by atoms with E-state index in [1.807, 2.05) is 19.1 Å². The van der Waals surface area contributed by atoms with Crippen molar-refractivity contribution in [1.82, 2.24) is 0 Å². The Morgan fingerprint density at radius 2 is 2.18 bits per heavy atom. The van der Waals surface area contributed by atoms with Gasteiger partial charge in [-0.3, -0.25) is 0 Å². The minimum Gasteiger partial charge on any atom is -0.496 e. The zero-order chi connectivity index (χ0) is 13.0. The summed E-state index contributed by atoms with van der Waals surface area (Å²) in [6, 6.07) is 3.85. The van der Waals surface area contributed by atoms with Gasteiger partial charge in [-0.1, -0.05) is 0 Å². The molecule has 0 bridgehead atoms. The van der Waals surface area contributed by atoms with E-state index in [0.29, 0.717) is 24.2 Å². The zero-order valence-electron chi connectivity index (χ0n) is 10.2. The van der Waals surface area contributed by atoms with E-state index in [0.717, 1.165) is 11.1 Å². The lowest BCUT2D eigenvalue weighted by molar-refractivity contribution is 0.0694. The number of carbonyl (C=O) groups is 1. The Morgan fingerprint density at radius 3 is 2.65 bits per heavy atom. The third kappa shape index (κ3) is 2.56. The Morgan fingerprint density at radius 1 is 1.53 bits per heavy atom. The van der Waals surface area contributed by atoms with Crippen molar-refractivity contribution in [3.8, 4) is 11.8 Å². The molecule has 1 rings (SSSR count). The number of hydrogen-bond donors (Lipinski definition) is 1. The molecule has 0 radical (unpaired) electrons. The lowest BCUT2D eigenvalue weighted by Crippen LogP contribution is -2.09. The molecular weight excluding hydrogens is 218 g/mol. The number of ether oxygens (including phenoxy) is 1. The number of aryl methyl sites for hydroxylation is 1. The quantitative estimate of drug-likeness (QED) is 0.867. The van der Waals surface area contributed by atoms with Crippen LogP contribution in [0.3, 0.4) is 0 Å². The van der Waals surface area contributed by atoms with E-state index in [4.69, 9.17) is 10.00 Å². The fourth-order valence-corrected chi connectivity index (χ4v) is 1.94. The van der Waals surface area contributed by atoms with E-state index in [2.05, 4.69) is 0 Å². The van der Waals surface area contributed by atoms with E-state index >= 15 is 0 Å². The first-order chi connectivity index (χ1) is 8.02. The smallest absolute Gasteiger partial charge is 0.336 e. The van der Waals surface area contributed by atoms with Crippen LogP contribution in [-0.2, 0) is 6.42 Å². The summed E-state index contributed by atoms with van der Waals surface area (Å²) in [6.45, 7) is 3.55. The molecule has 1 aromatic rings. The highest BCUT2D eigenvalue weighted by Crippen LogP contribution is 2.28. The molecule has 17 heavy (non-hydrogen) atoms. The normalized spacial score (nSPS) is 9.76. The molecule has 0 aromatic heterocycles. The Hall–Kier alpha value is -2.02. The number of benzene rings is 1. The van der Waals surface area contributed by atoms with Crippen LogP contribution >= 0.6 is 0 Å². The Balaban J connectivity index is 3.42. The van der Waals surface area contributed by atoms with Gasteiger partial charge in [-0.05, 0) is 37.5 Å². The molecule has 0 saturated heterocycles. The number of hydrogen-bond acceptors (Lipinski definition) is 3. The number of methoxy groups -OCH3 is 1. The summed E-state index contributed by atoms with van der Waals surface area (Å²) in [5.41, 5.74) is 2.44. The molecule has 0 saturated carbocycles. The highest BCUT2D eigenvalue weighted by atomic mass is 16.5. The number of carboxylic acid groups (broad SMARTS) is 1. The molecule has 90 valence electrons. The van der Waals surface area contributed by atoms with Gasteiger partial charge in [0.15, 0.2) is 0 Å². The molecule has 4 nitrogen and oxygen atoms in total. The van der Waals surface area contributed by atoms with Gasteiger partial charge in [0.05, 0.1) is 18.7 Å². The molecule has 0 aliphatic rings. The van der Waals surface area contributed by atoms with Crippen LogP contribution in [-0.4, -0.2) is 18.2 Å². The van der Waals surface area contributed by atoms with Crippen molar-refractivity contribution in [2.45, 2.75) is 26.7 Å². The summed E-state index contributed by atoms with van der Waals surface area (Å²) in [7, 11) is 1.52. The average Bonchev–Trinajstić information content (AvgIpc) is 2.28. The summed E-state index contributed by atoms with van der Waals surface area (Å²) in [6.07, 6.45) is 0.766. The van der Waals surface area contributed by atoms with Crippen LogP contribution in [0, 0.1) is 25.2 Å². The van der Waals surface area contributed by atoms with Crippen molar-refractivity contribution in [3.05, 3.63) is 28.3 Å². The summed E-state index contributed by atoms with van der Waals surface area (Å²) in [5, 5.41) is 17.8. The Kier molecular flexibility index (Phi) is 4.11. The van der Waals surface area contributed by atoms with E-state index in [9.17, 15) is 9.90 Å². The lowest BCUT2D eigenvalue weighted by Gasteiger charge is -2.15. The lowest BCUT2D eigenvalue weighted by atomic mass is 9.93. The number of nitrogens with zero attached hydrogens (tertiary/aromatic N) is 1. The average molecular weight is 233 g/mol. The maximum Gasteiger partial charge on any atom is 0.336 e. The second-order valence-electron chi connectivity index (χ2n) is 3.84. The monoisotopic (exact) mass is 233 g/mol. The van der Waals surface area contributed by atoms with E-state index in [-0.39, 0.29) is 5.56 Å². The standard InChI is InChI=1S/C13H15NO3/c1-8-7-11(17-3)9(2)12(13(15)16)10(8)5-4-6-14/h7H,4-5H2,1-3H3,(H,15,16). The van der Waals surface area contributed by atoms with Gasteiger partial charge in [0.2, 0.25) is 0 Å². The van der Waals surface area contributed by atoms with Crippen molar-refractivity contribution in [1.29, 1.82) is 5.26 Å². The fraction of sp³-hybridized carbons (Fsp3) is 0.385. The van der Waals surface area contributed by atoms with Crippen LogP contribution in [0.2, 0.25) is 0 Å². The molecule has 0 aliphatic carbocycles. The van der Waals surface area contributed by atoms with Crippen LogP contribution in [0.15, 0.2) is 6.07 Å². The van der Waals surface area contributed by atoms with E-state index in [1.165, 1.54) is 7.11 Å². The Labute approximate surface area is 100 Å². The molecule has 0 aliphatic heterocycles. The van der Waals surface area contributed by atoms with Crippen LogP contribution < -0.4 is 4.74 Å². The molecule has 0 unspecified atom stereocenters. The van der Waals surface area contributed by atoms with Crippen LogP contribution in [0.5, 0.6) is 5.75 Å². The molecular formula is C13H15NO3. The van der Waals surface area contributed by atoms with E-state index < -0.39 is 5.97 Å². The van der Waals surface area contributed by atoms with Gasteiger partial charge in [0, 0.05) is 12.0 Å². The van der Waals surface area contributed by atoms with Gasteiger partial charge in [-0.25, -0.2) is 4.79 Å². The molecule has 0 fully saturated rings. The third-order valence-corrected chi connectivity index (χ3v) is 2.79. The first-order valence-electron chi connectivity index (χ1n) is 5.30. The van der Waals surface area contributed by atoms with Gasteiger partial charge in [-0.15, -0.1) is 0 Å². The molecule has 4 heteroatoms. The third-order valence-electron chi connectivity index (χ3n) is 2.79. The SMILES string of the molecule is COc1cc(C)c(CCC#N)c(C(=O)O)c1C. The van der Waals surface area contributed by atoms with Crippen molar-refractivity contribution in [3.63, 3.8) is 0 Å². The first kappa shape index (κ1) is 13.0. The zero-order valence-corrected chi connectivity index (χ0v) is 10.2. The minimum absolute atomic E-state index is 0.261. The summed E-state index contributed by atoms with van der Waals surface area (Å²) in [5.74, 6) is -0.405. The predicted octanol–water partition coefficient (Wildman–Crippen LogP) is 2.47. The number of carboxylic acids is 1. The number of nitriles is 1. The first-order valence-corrected chi connectivity index (χ1v) is 5.30. The molecule has 0 amide bonds. The highest BCUT2D eigenvalue weighted by Gasteiger charge is 2.18. The summed E-state index contributed by atoms with van der Waals surface area (Å²) in [4.78, 5) is 11.3. The van der Waals surface area contributed by atoms with Crippen LogP contribution in [0.4, 0.5) is 0 Å². The molecule has 0 heterocycles.